The molecule has 0 aliphatic carbocycles. The van der Waals surface area contributed by atoms with Crippen molar-refractivity contribution in [3.63, 3.8) is 0 Å². The zero-order chi connectivity index (χ0) is 14.6. The summed E-state index contributed by atoms with van der Waals surface area (Å²) in [6.45, 7) is -0.0461. The van der Waals surface area contributed by atoms with Gasteiger partial charge in [-0.3, -0.25) is 0 Å². The fraction of sp³-hybridized carbons (Fsp3) is 0.400. The summed E-state index contributed by atoms with van der Waals surface area (Å²) in [6, 6.07) is 0.571. The molecular weight excluding hydrogens is 277 g/mol. The van der Waals surface area contributed by atoms with Crippen molar-refractivity contribution in [3.8, 4) is 5.88 Å². The molecule has 0 aromatic carbocycles. The van der Waals surface area contributed by atoms with E-state index < -0.39 is 42.0 Å². The normalized spacial score (nSPS) is 11.3. The average Bonchev–Trinajstić information content (AvgIpc) is 2.27. The fourth-order valence-electron chi connectivity index (χ4n) is 1.16. The van der Waals surface area contributed by atoms with Crippen molar-refractivity contribution in [2.45, 2.75) is 20.0 Å². The first-order valence-corrected chi connectivity index (χ1v) is 4.96. The molecule has 4 nitrogen and oxygen atoms in total. The van der Waals surface area contributed by atoms with E-state index in [1.165, 1.54) is 6.92 Å². The first-order chi connectivity index (χ1) is 8.78. The summed E-state index contributed by atoms with van der Waals surface area (Å²) in [4.78, 5) is 14.0. The molecule has 1 heterocycles. The minimum absolute atomic E-state index is 0.0793. The van der Waals surface area contributed by atoms with Crippen LogP contribution in [0.25, 0.3) is 0 Å². The van der Waals surface area contributed by atoms with Crippen molar-refractivity contribution >= 4 is 5.97 Å². The molecule has 1 rings (SSSR count). The molecule has 0 atom stereocenters. The monoisotopic (exact) mass is 285 g/mol. The Balaban J connectivity index is 3.17. The molecule has 0 fully saturated rings. The molecule has 0 spiro atoms. The van der Waals surface area contributed by atoms with Crippen LogP contribution in [-0.2, 0) is 11.4 Å². The van der Waals surface area contributed by atoms with Gasteiger partial charge in [0.1, 0.15) is 12.2 Å². The third-order valence-corrected chi connectivity index (χ3v) is 1.87. The topological polar surface area (TPSA) is 48.4 Å². The highest BCUT2D eigenvalue weighted by Crippen LogP contribution is 2.27. The molecule has 0 unspecified atom stereocenters. The number of hydrogen-bond acceptors (Lipinski definition) is 4. The summed E-state index contributed by atoms with van der Waals surface area (Å²) >= 11 is 0. The van der Waals surface area contributed by atoms with Crippen LogP contribution in [0.4, 0.5) is 22.0 Å². The van der Waals surface area contributed by atoms with E-state index in [-0.39, 0.29) is 6.61 Å². The molecule has 0 aliphatic rings. The number of carbonyl (C=O) groups excluding carboxylic acids is 1. The van der Waals surface area contributed by atoms with E-state index >= 15 is 0 Å². The van der Waals surface area contributed by atoms with Gasteiger partial charge in [0.25, 0.3) is 0 Å². The SMILES string of the molecule is CCOC(=O)c1cc(CF)c(OC(F)(F)F)nc1F. The summed E-state index contributed by atoms with van der Waals surface area (Å²) in [5.74, 6) is -3.96. The van der Waals surface area contributed by atoms with Gasteiger partial charge < -0.3 is 9.47 Å². The molecule has 0 bridgehead atoms. The number of aromatic nitrogens is 1. The number of halogens is 5. The van der Waals surface area contributed by atoms with Gasteiger partial charge in [-0.05, 0) is 13.0 Å². The summed E-state index contributed by atoms with van der Waals surface area (Å²) in [6.07, 6.45) is -5.14. The second kappa shape index (κ2) is 5.81. The van der Waals surface area contributed by atoms with Crippen molar-refractivity contribution in [2.24, 2.45) is 0 Å². The third-order valence-electron chi connectivity index (χ3n) is 1.87. The summed E-state index contributed by atoms with van der Waals surface area (Å²) in [5.41, 5.74) is -1.47. The van der Waals surface area contributed by atoms with E-state index in [1.54, 1.807) is 0 Å². The Kier molecular flexibility index (Phi) is 4.62. The summed E-state index contributed by atoms with van der Waals surface area (Å²) < 4.78 is 69.6. The van der Waals surface area contributed by atoms with E-state index in [1.807, 2.05) is 0 Å². The Bertz CT molecular complexity index is 475. The van der Waals surface area contributed by atoms with E-state index in [0.29, 0.717) is 6.07 Å². The largest absolute Gasteiger partial charge is 0.574 e. The highest BCUT2D eigenvalue weighted by Gasteiger charge is 2.34. The lowest BCUT2D eigenvalue weighted by Gasteiger charge is -2.12. The number of rotatable bonds is 4. The smallest absolute Gasteiger partial charge is 0.462 e. The second-order valence-corrected chi connectivity index (χ2v) is 3.19. The van der Waals surface area contributed by atoms with Gasteiger partial charge in [-0.15, -0.1) is 13.2 Å². The Morgan fingerprint density at radius 2 is 2.05 bits per heavy atom. The van der Waals surface area contributed by atoms with E-state index in [2.05, 4.69) is 14.5 Å². The molecule has 0 aliphatic heterocycles. The van der Waals surface area contributed by atoms with Gasteiger partial charge in [-0.2, -0.15) is 9.37 Å². The number of nitrogens with zero attached hydrogens (tertiary/aromatic N) is 1. The maximum absolute atomic E-state index is 13.3. The van der Waals surface area contributed by atoms with E-state index in [4.69, 9.17) is 0 Å². The number of carbonyl (C=O) groups is 1. The van der Waals surface area contributed by atoms with Gasteiger partial charge in [0.15, 0.2) is 0 Å². The highest BCUT2D eigenvalue weighted by atomic mass is 19.4. The first-order valence-electron chi connectivity index (χ1n) is 4.96. The molecule has 0 radical (unpaired) electrons. The third kappa shape index (κ3) is 4.04. The van der Waals surface area contributed by atoms with Gasteiger partial charge in [0.2, 0.25) is 11.8 Å². The first kappa shape index (κ1) is 15.1. The number of pyridine rings is 1. The lowest BCUT2D eigenvalue weighted by atomic mass is 10.2. The molecule has 9 heteroatoms. The maximum atomic E-state index is 13.3. The van der Waals surface area contributed by atoms with E-state index in [9.17, 15) is 26.7 Å². The predicted octanol–water partition coefficient (Wildman–Crippen LogP) is 2.77. The molecule has 1 aromatic heterocycles. The van der Waals surface area contributed by atoms with Crippen LogP contribution < -0.4 is 4.74 Å². The minimum atomic E-state index is -5.14. The van der Waals surface area contributed by atoms with Crippen LogP contribution in [0.2, 0.25) is 0 Å². The molecule has 0 saturated carbocycles. The number of ether oxygens (including phenoxy) is 2. The number of alkyl halides is 4. The Morgan fingerprint density at radius 1 is 1.42 bits per heavy atom. The van der Waals surface area contributed by atoms with Crippen LogP contribution in [0.1, 0.15) is 22.8 Å². The Morgan fingerprint density at radius 3 is 2.53 bits per heavy atom. The van der Waals surface area contributed by atoms with Crippen molar-refractivity contribution < 1.29 is 36.2 Å². The van der Waals surface area contributed by atoms with Crippen LogP contribution in [0.15, 0.2) is 6.07 Å². The molecule has 0 amide bonds. The van der Waals surface area contributed by atoms with Crippen molar-refractivity contribution in [1.82, 2.24) is 4.98 Å². The average molecular weight is 285 g/mol. The Hall–Kier alpha value is -1.93. The van der Waals surface area contributed by atoms with Crippen LogP contribution in [0.3, 0.4) is 0 Å². The molecule has 1 aromatic rings. The summed E-state index contributed by atoms with van der Waals surface area (Å²) in [5, 5.41) is 0. The lowest BCUT2D eigenvalue weighted by Crippen LogP contribution is -2.20. The van der Waals surface area contributed by atoms with E-state index in [0.717, 1.165) is 0 Å². The van der Waals surface area contributed by atoms with Gasteiger partial charge in [0, 0.05) is 5.56 Å². The van der Waals surface area contributed by atoms with Crippen LogP contribution in [0, 0.1) is 5.95 Å². The van der Waals surface area contributed by atoms with Gasteiger partial charge in [0.05, 0.1) is 6.61 Å². The van der Waals surface area contributed by atoms with Crippen LogP contribution in [-0.4, -0.2) is 23.9 Å². The molecular formula is C10H8F5NO3. The van der Waals surface area contributed by atoms with Crippen molar-refractivity contribution in [3.05, 3.63) is 23.1 Å². The Labute approximate surface area is 104 Å². The molecule has 0 N–H and O–H groups in total. The van der Waals surface area contributed by atoms with Crippen LogP contribution >= 0.6 is 0 Å². The zero-order valence-electron chi connectivity index (χ0n) is 9.55. The summed E-state index contributed by atoms with van der Waals surface area (Å²) in [7, 11) is 0. The molecule has 106 valence electrons. The lowest BCUT2D eigenvalue weighted by molar-refractivity contribution is -0.276. The fourth-order valence-corrected chi connectivity index (χ4v) is 1.16. The highest BCUT2D eigenvalue weighted by molar-refractivity contribution is 5.89. The van der Waals surface area contributed by atoms with Crippen molar-refractivity contribution in [1.29, 1.82) is 0 Å². The maximum Gasteiger partial charge on any atom is 0.574 e. The number of esters is 1. The zero-order valence-corrected chi connectivity index (χ0v) is 9.55. The quantitative estimate of drug-likeness (QED) is 0.485. The van der Waals surface area contributed by atoms with Gasteiger partial charge >= 0.3 is 12.3 Å². The predicted molar refractivity (Wildman–Crippen MR) is 51.6 cm³/mol. The molecule has 19 heavy (non-hydrogen) atoms. The molecule has 0 saturated heterocycles. The van der Waals surface area contributed by atoms with Crippen molar-refractivity contribution in [2.75, 3.05) is 6.61 Å². The second-order valence-electron chi connectivity index (χ2n) is 3.19. The van der Waals surface area contributed by atoms with Gasteiger partial charge in [-0.1, -0.05) is 0 Å². The van der Waals surface area contributed by atoms with Crippen LogP contribution in [0.5, 0.6) is 5.88 Å². The van der Waals surface area contributed by atoms with Gasteiger partial charge in [-0.25, -0.2) is 9.18 Å². The standard InChI is InChI=1S/C10H8F5NO3/c1-2-18-9(17)6-3-5(4-11)8(16-7(6)12)19-10(13,14)15/h3H,2,4H2,1H3. The number of hydrogen-bond donors (Lipinski definition) is 0. The minimum Gasteiger partial charge on any atom is -0.462 e.